The van der Waals surface area contributed by atoms with Crippen molar-refractivity contribution in [2.45, 2.75) is 84.0 Å². The molecule has 1 saturated heterocycles. The largest absolute Gasteiger partial charge is 0.508 e. The molecule has 0 spiro atoms. The lowest BCUT2D eigenvalue weighted by Gasteiger charge is -2.24. The summed E-state index contributed by atoms with van der Waals surface area (Å²) in [6.45, 7) is 6.59. The molecule has 4 N–H and O–H groups in total. The van der Waals surface area contributed by atoms with Gasteiger partial charge in [-0.05, 0) is 87.9 Å². The molecule has 2 aromatic carbocycles. The topological polar surface area (TPSA) is 149 Å². The number of amides is 3. The van der Waals surface area contributed by atoms with Gasteiger partial charge in [0.05, 0.1) is 18.4 Å². The zero-order valence-corrected chi connectivity index (χ0v) is 25.4. The monoisotopic (exact) mass is 599 g/mol. The van der Waals surface area contributed by atoms with Crippen LogP contribution in [0.25, 0.3) is 0 Å². The zero-order valence-electron chi connectivity index (χ0n) is 25.4. The minimum Gasteiger partial charge on any atom is -0.508 e. The zero-order chi connectivity index (χ0) is 31.4. The number of phenols is 1. The first kappa shape index (κ1) is 34.0. The van der Waals surface area contributed by atoms with E-state index in [-0.39, 0.29) is 12.4 Å². The van der Waals surface area contributed by atoms with Crippen LogP contribution in [0.5, 0.6) is 5.75 Å². The molecule has 236 valence electrons. The molecule has 0 aliphatic carbocycles. The maximum Gasteiger partial charge on any atom is 0.365 e. The Morgan fingerprint density at radius 1 is 1.00 bits per heavy atom. The van der Waals surface area contributed by atoms with Crippen LogP contribution in [-0.4, -0.2) is 70.1 Å². The summed E-state index contributed by atoms with van der Waals surface area (Å²) in [5.74, 6) is -1.10. The van der Waals surface area contributed by atoms with Crippen LogP contribution in [0, 0.1) is 0 Å². The summed E-state index contributed by atoms with van der Waals surface area (Å²) >= 11 is 0. The molecule has 11 heteroatoms. The van der Waals surface area contributed by atoms with Crippen molar-refractivity contribution in [1.82, 2.24) is 10.4 Å². The van der Waals surface area contributed by atoms with E-state index in [1.165, 1.54) is 13.0 Å². The normalized spacial score (nSPS) is 15.3. The number of aliphatic hydroxyl groups excluding tert-OH is 2. The van der Waals surface area contributed by atoms with E-state index in [4.69, 9.17) is 9.57 Å². The fraction of sp³-hybridized carbons (Fsp3) is 0.531. The van der Waals surface area contributed by atoms with E-state index in [2.05, 4.69) is 5.32 Å². The highest BCUT2D eigenvalue weighted by Gasteiger charge is 2.54. The van der Waals surface area contributed by atoms with Crippen LogP contribution in [0.15, 0.2) is 42.5 Å². The quantitative estimate of drug-likeness (QED) is 0.147. The Morgan fingerprint density at radius 3 is 2.44 bits per heavy atom. The molecule has 2 aromatic rings. The summed E-state index contributed by atoms with van der Waals surface area (Å²) in [6.07, 6.45) is 5.99. The van der Waals surface area contributed by atoms with Gasteiger partial charge in [-0.15, -0.1) is 5.06 Å². The number of benzene rings is 2. The second-order valence-corrected chi connectivity index (χ2v) is 11.3. The number of carbonyl (C=O) groups is 3. The van der Waals surface area contributed by atoms with Gasteiger partial charge < -0.3 is 30.2 Å². The number of hydroxylamine groups is 2. The van der Waals surface area contributed by atoms with Gasteiger partial charge in [0.2, 0.25) is 0 Å². The summed E-state index contributed by atoms with van der Waals surface area (Å²) in [7, 11) is 0. The molecular formula is C32H45N3O8. The first-order chi connectivity index (χ1) is 20.6. The Morgan fingerprint density at radius 2 is 1.72 bits per heavy atom. The van der Waals surface area contributed by atoms with E-state index in [0.29, 0.717) is 36.6 Å². The van der Waals surface area contributed by atoms with Crippen molar-refractivity contribution in [3.63, 3.8) is 0 Å². The first-order valence-corrected chi connectivity index (χ1v) is 14.9. The number of rotatable bonds is 18. The number of urea groups is 1. The minimum atomic E-state index is -1.29. The molecule has 11 nitrogen and oxygen atoms in total. The van der Waals surface area contributed by atoms with Crippen LogP contribution < -0.4 is 10.2 Å². The fourth-order valence-electron chi connectivity index (χ4n) is 4.88. The molecule has 1 heterocycles. The number of aliphatic hydroxyl groups is 2. The molecule has 1 fully saturated rings. The van der Waals surface area contributed by atoms with Gasteiger partial charge >= 0.3 is 12.0 Å². The number of carbonyl (C=O) groups excluding carboxylic acids is 3. The van der Waals surface area contributed by atoms with Crippen molar-refractivity contribution in [2.24, 2.45) is 0 Å². The van der Waals surface area contributed by atoms with Crippen LogP contribution in [0.3, 0.4) is 0 Å². The number of imide groups is 1. The Hall–Kier alpha value is -3.51. The Labute approximate surface area is 253 Å². The molecule has 3 rings (SSSR count). The molecule has 0 radical (unpaired) electrons. The molecule has 1 aliphatic rings. The molecular weight excluding hydrogens is 554 g/mol. The van der Waals surface area contributed by atoms with Gasteiger partial charge in [0, 0.05) is 32.2 Å². The van der Waals surface area contributed by atoms with Crippen molar-refractivity contribution in [3.8, 4) is 5.75 Å². The van der Waals surface area contributed by atoms with Gasteiger partial charge in [0.1, 0.15) is 5.75 Å². The molecule has 43 heavy (non-hydrogen) atoms. The summed E-state index contributed by atoms with van der Waals surface area (Å²) in [4.78, 5) is 43.3. The number of hydrogen-bond donors (Lipinski definition) is 4. The second-order valence-electron chi connectivity index (χ2n) is 11.3. The minimum absolute atomic E-state index is 0.0232. The third-order valence-electron chi connectivity index (χ3n) is 7.38. The maximum absolute atomic E-state index is 12.9. The van der Waals surface area contributed by atoms with Gasteiger partial charge in [-0.25, -0.2) is 9.69 Å². The van der Waals surface area contributed by atoms with Crippen molar-refractivity contribution >= 4 is 23.6 Å². The van der Waals surface area contributed by atoms with Crippen molar-refractivity contribution in [1.29, 1.82) is 0 Å². The van der Waals surface area contributed by atoms with Crippen LogP contribution in [0.1, 0.15) is 82.1 Å². The van der Waals surface area contributed by atoms with Crippen LogP contribution in [0.2, 0.25) is 0 Å². The summed E-state index contributed by atoms with van der Waals surface area (Å²) < 4.78 is 5.78. The molecule has 0 bridgehead atoms. The van der Waals surface area contributed by atoms with Gasteiger partial charge in [-0.3, -0.25) is 9.59 Å². The van der Waals surface area contributed by atoms with E-state index in [1.807, 2.05) is 18.2 Å². The van der Waals surface area contributed by atoms with Crippen LogP contribution in [0.4, 0.5) is 10.5 Å². The Kier molecular flexibility index (Phi) is 12.9. The standard InChI is InChI=1S/C32H45N3O8/c1-23(37)43-35-31(41)34(30(40)32(35,2)3)27-13-10-12-24(19-27)11-6-9-18-42-17-8-5-4-7-16-33-21-29(39)25-14-15-28(38)26(20-25)22-36/h10,12-15,19-20,29,33,36,38-39H,4-9,11,16-18,21-22H2,1-3H3/t29-/m1/s1. The number of ether oxygens (including phenoxy) is 1. The Balaban J connectivity index is 1.24. The molecule has 0 saturated carbocycles. The van der Waals surface area contributed by atoms with Crippen LogP contribution in [-0.2, 0) is 32.2 Å². The van der Waals surface area contributed by atoms with E-state index in [0.717, 1.165) is 67.0 Å². The number of nitrogens with zero attached hydrogens (tertiary/aromatic N) is 2. The van der Waals surface area contributed by atoms with E-state index >= 15 is 0 Å². The highest BCUT2D eigenvalue weighted by Crippen LogP contribution is 2.33. The van der Waals surface area contributed by atoms with Crippen molar-refractivity contribution in [3.05, 3.63) is 59.2 Å². The Bertz CT molecular complexity index is 1230. The number of nitrogens with one attached hydrogen (secondary N) is 1. The van der Waals surface area contributed by atoms with Gasteiger partial charge in [0.25, 0.3) is 5.91 Å². The smallest absolute Gasteiger partial charge is 0.365 e. The molecule has 3 amide bonds. The van der Waals surface area contributed by atoms with E-state index < -0.39 is 29.6 Å². The maximum atomic E-state index is 12.9. The molecule has 0 unspecified atom stereocenters. The second kappa shape index (κ2) is 16.4. The number of unbranched alkanes of at least 4 members (excludes halogenated alkanes) is 4. The third-order valence-corrected chi connectivity index (χ3v) is 7.38. The highest BCUT2D eigenvalue weighted by atomic mass is 16.7. The lowest BCUT2D eigenvalue weighted by atomic mass is 10.0. The number of anilines is 1. The van der Waals surface area contributed by atoms with Gasteiger partial charge in [-0.2, -0.15) is 0 Å². The summed E-state index contributed by atoms with van der Waals surface area (Å²) in [5.41, 5.74) is 1.22. The lowest BCUT2D eigenvalue weighted by molar-refractivity contribution is -0.187. The predicted molar refractivity (Wildman–Crippen MR) is 161 cm³/mol. The SMILES string of the molecule is CC(=O)ON1C(=O)N(c2cccc(CCCCOCCCCCCNC[C@@H](O)c3ccc(O)c(CO)c3)c2)C(=O)C1(C)C. The van der Waals surface area contributed by atoms with Crippen molar-refractivity contribution in [2.75, 3.05) is 31.2 Å². The molecule has 0 aromatic heterocycles. The van der Waals surface area contributed by atoms with E-state index in [1.54, 1.807) is 32.0 Å². The third kappa shape index (κ3) is 9.49. The van der Waals surface area contributed by atoms with Gasteiger partial charge in [-0.1, -0.05) is 31.0 Å². The van der Waals surface area contributed by atoms with E-state index in [9.17, 15) is 29.7 Å². The van der Waals surface area contributed by atoms with Crippen LogP contribution >= 0.6 is 0 Å². The first-order valence-electron chi connectivity index (χ1n) is 14.9. The highest BCUT2D eigenvalue weighted by molar-refractivity contribution is 6.22. The lowest BCUT2D eigenvalue weighted by Crippen LogP contribution is -2.44. The number of aryl methyl sites for hydroxylation is 1. The molecule has 1 aliphatic heterocycles. The van der Waals surface area contributed by atoms with Gasteiger partial charge in [0.15, 0.2) is 5.54 Å². The number of hydrogen-bond acceptors (Lipinski definition) is 9. The van der Waals surface area contributed by atoms with Crippen molar-refractivity contribution < 1.29 is 39.3 Å². The number of aromatic hydroxyl groups is 1. The predicted octanol–water partition coefficient (Wildman–Crippen LogP) is 4.13. The summed E-state index contributed by atoms with van der Waals surface area (Å²) in [6, 6.07) is 11.4. The average Bonchev–Trinajstić information content (AvgIpc) is 3.14. The average molecular weight is 600 g/mol. The summed E-state index contributed by atoms with van der Waals surface area (Å²) in [5, 5.41) is 33.3. The fourth-order valence-corrected chi connectivity index (χ4v) is 4.88. The molecule has 1 atom stereocenters.